The Bertz CT molecular complexity index is 617. The van der Waals surface area contributed by atoms with Gasteiger partial charge in [0.15, 0.2) is 4.90 Å². The molecule has 0 radical (unpaired) electrons. The molecule has 1 aromatic carbocycles. The summed E-state index contributed by atoms with van der Waals surface area (Å²) in [5.41, 5.74) is 0. The van der Waals surface area contributed by atoms with Gasteiger partial charge in [0, 0.05) is 26.2 Å². The first-order chi connectivity index (χ1) is 10.8. The Labute approximate surface area is 135 Å². The second-order valence-corrected chi connectivity index (χ2v) is 7.75. The molecule has 0 aliphatic carbocycles. The molecule has 8 heteroatoms. The largest absolute Gasteiger partial charge is 0.374 e. The third-order valence-electron chi connectivity index (χ3n) is 3.53. The zero-order valence-electron chi connectivity index (χ0n) is 13.3. The van der Waals surface area contributed by atoms with Crippen LogP contribution in [0.5, 0.6) is 0 Å². The summed E-state index contributed by atoms with van der Waals surface area (Å²) in [7, 11) is -4.26. The molecule has 0 unspecified atom stereocenters. The predicted octanol–water partition coefficient (Wildman–Crippen LogP) is 1.60. The fourth-order valence-electron chi connectivity index (χ4n) is 2.60. The summed E-state index contributed by atoms with van der Waals surface area (Å²) < 4.78 is 59.2. The lowest BCUT2D eigenvalue weighted by molar-refractivity contribution is -0.0280. The van der Waals surface area contributed by atoms with Crippen molar-refractivity contribution in [3.05, 3.63) is 29.8 Å². The molecule has 2 rings (SSSR count). The van der Waals surface area contributed by atoms with Gasteiger partial charge in [0.05, 0.1) is 12.7 Å². The molecule has 0 bridgehead atoms. The van der Waals surface area contributed by atoms with Crippen LogP contribution in [0.4, 0.5) is 8.78 Å². The Morgan fingerprint density at radius 3 is 2.61 bits per heavy atom. The normalized spacial score (nSPS) is 20.1. The lowest BCUT2D eigenvalue weighted by Crippen LogP contribution is -2.48. The van der Waals surface area contributed by atoms with Crippen LogP contribution < -0.4 is 4.72 Å². The Hall–Kier alpha value is -1.09. The van der Waals surface area contributed by atoms with Gasteiger partial charge in [-0.15, -0.1) is 0 Å². The number of hydrogen-bond donors (Lipinski definition) is 1. The van der Waals surface area contributed by atoms with Gasteiger partial charge < -0.3 is 4.74 Å². The van der Waals surface area contributed by atoms with Gasteiger partial charge in [0.2, 0.25) is 10.0 Å². The van der Waals surface area contributed by atoms with Crippen molar-refractivity contribution in [2.45, 2.75) is 24.8 Å². The minimum absolute atomic E-state index is 0.0231. The summed E-state index contributed by atoms with van der Waals surface area (Å²) in [6.45, 7) is 6.97. The third-order valence-corrected chi connectivity index (χ3v) is 5.01. The standard InChI is InChI=1S/C15H22F2N2O3S/c1-11(2)9-19-6-7-22-12(10-19)8-18-23(20,21)15-13(16)4-3-5-14(15)17/h3-5,11-12,18H,6-10H2,1-2H3/t12-/m1/s1. The molecule has 1 heterocycles. The van der Waals surface area contributed by atoms with Crippen LogP contribution >= 0.6 is 0 Å². The summed E-state index contributed by atoms with van der Waals surface area (Å²) in [5, 5.41) is 0. The zero-order chi connectivity index (χ0) is 17.0. The van der Waals surface area contributed by atoms with E-state index in [1.807, 2.05) is 0 Å². The molecular formula is C15H22F2N2O3S. The van der Waals surface area contributed by atoms with E-state index < -0.39 is 26.6 Å². The van der Waals surface area contributed by atoms with Crippen molar-refractivity contribution in [3.63, 3.8) is 0 Å². The van der Waals surface area contributed by atoms with Gasteiger partial charge in [-0.25, -0.2) is 21.9 Å². The molecule has 1 atom stereocenters. The second kappa shape index (κ2) is 7.65. The highest BCUT2D eigenvalue weighted by Gasteiger charge is 2.27. The minimum atomic E-state index is -4.26. The maximum Gasteiger partial charge on any atom is 0.246 e. The zero-order valence-corrected chi connectivity index (χ0v) is 14.1. The van der Waals surface area contributed by atoms with Gasteiger partial charge in [0.1, 0.15) is 11.6 Å². The Kier molecular flexibility index (Phi) is 6.07. The molecule has 1 saturated heterocycles. The van der Waals surface area contributed by atoms with Crippen LogP contribution in [0.3, 0.4) is 0 Å². The molecule has 1 N–H and O–H groups in total. The fourth-order valence-corrected chi connectivity index (χ4v) is 3.80. The van der Waals surface area contributed by atoms with Crippen LogP contribution in [0.25, 0.3) is 0 Å². The number of nitrogens with zero attached hydrogens (tertiary/aromatic N) is 1. The molecule has 23 heavy (non-hydrogen) atoms. The second-order valence-electron chi connectivity index (χ2n) is 6.05. The molecule has 1 aromatic rings. The van der Waals surface area contributed by atoms with E-state index in [0.29, 0.717) is 19.1 Å². The van der Waals surface area contributed by atoms with Gasteiger partial charge in [-0.1, -0.05) is 19.9 Å². The highest BCUT2D eigenvalue weighted by Crippen LogP contribution is 2.18. The summed E-state index contributed by atoms with van der Waals surface area (Å²) in [5.74, 6) is -1.72. The fraction of sp³-hybridized carbons (Fsp3) is 0.600. The number of ether oxygens (including phenoxy) is 1. The molecule has 0 amide bonds. The molecule has 1 aliphatic rings. The van der Waals surface area contributed by atoms with Gasteiger partial charge in [0.25, 0.3) is 0 Å². The van der Waals surface area contributed by atoms with E-state index in [4.69, 9.17) is 4.74 Å². The van der Waals surface area contributed by atoms with E-state index in [1.165, 1.54) is 0 Å². The van der Waals surface area contributed by atoms with Crippen LogP contribution in [0, 0.1) is 17.6 Å². The van der Waals surface area contributed by atoms with Crippen LogP contribution in [-0.4, -0.2) is 52.2 Å². The Morgan fingerprint density at radius 1 is 1.35 bits per heavy atom. The van der Waals surface area contributed by atoms with Crippen LogP contribution in [0.1, 0.15) is 13.8 Å². The van der Waals surface area contributed by atoms with E-state index in [-0.39, 0.29) is 12.6 Å². The van der Waals surface area contributed by atoms with Crippen LogP contribution in [0.15, 0.2) is 23.1 Å². The number of halogens is 2. The number of rotatable bonds is 6. The van der Waals surface area contributed by atoms with Gasteiger partial charge >= 0.3 is 0 Å². The molecular weight excluding hydrogens is 326 g/mol. The number of sulfonamides is 1. The molecule has 0 aromatic heterocycles. The first kappa shape index (κ1) is 18.3. The van der Waals surface area contributed by atoms with Gasteiger partial charge in [-0.05, 0) is 18.1 Å². The molecule has 0 saturated carbocycles. The van der Waals surface area contributed by atoms with Crippen LogP contribution in [0.2, 0.25) is 0 Å². The summed E-state index contributed by atoms with van der Waals surface area (Å²) >= 11 is 0. The first-order valence-electron chi connectivity index (χ1n) is 7.57. The SMILES string of the molecule is CC(C)CN1CCO[C@H](CNS(=O)(=O)c2c(F)cccc2F)C1. The van der Waals surface area contributed by atoms with E-state index in [1.54, 1.807) is 0 Å². The maximum absolute atomic E-state index is 13.6. The average Bonchev–Trinajstić information content (AvgIpc) is 2.44. The van der Waals surface area contributed by atoms with E-state index in [0.717, 1.165) is 31.3 Å². The van der Waals surface area contributed by atoms with Crippen molar-refractivity contribution >= 4 is 10.0 Å². The highest BCUT2D eigenvalue weighted by atomic mass is 32.2. The minimum Gasteiger partial charge on any atom is -0.374 e. The first-order valence-corrected chi connectivity index (χ1v) is 9.05. The predicted molar refractivity (Wildman–Crippen MR) is 82.6 cm³/mol. The lowest BCUT2D eigenvalue weighted by Gasteiger charge is -2.33. The van der Waals surface area contributed by atoms with Crippen molar-refractivity contribution in [1.82, 2.24) is 9.62 Å². The van der Waals surface area contributed by atoms with Crippen molar-refractivity contribution < 1.29 is 21.9 Å². The quantitative estimate of drug-likeness (QED) is 0.848. The molecule has 1 aliphatic heterocycles. The molecule has 5 nitrogen and oxygen atoms in total. The van der Waals surface area contributed by atoms with Crippen LogP contribution in [-0.2, 0) is 14.8 Å². The maximum atomic E-state index is 13.6. The van der Waals surface area contributed by atoms with Gasteiger partial charge in [-0.3, -0.25) is 4.90 Å². The van der Waals surface area contributed by atoms with E-state index >= 15 is 0 Å². The summed E-state index contributed by atoms with van der Waals surface area (Å²) in [4.78, 5) is 1.24. The summed E-state index contributed by atoms with van der Waals surface area (Å²) in [6, 6.07) is 2.95. The van der Waals surface area contributed by atoms with Crippen molar-refractivity contribution in [2.75, 3.05) is 32.8 Å². The van der Waals surface area contributed by atoms with Crippen molar-refractivity contribution in [2.24, 2.45) is 5.92 Å². The highest BCUT2D eigenvalue weighted by molar-refractivity contribution is 7.89. The number of benzene rings is 1. The lowest BCUT2D eigenvalue weighted by atomic mass is 10.2. The third kappa shape index (κ3) is 4.94. The number of hydrogen-bond acceptors (Lipinski definition) is 4. The smallest absolute Gasteiger partial charge is 0.246 e. The number of nitrogens with one attached hydrogen (secondary N) is 1. The van der Waals surface area contributed by atoms with E-state index in [2.05, 4.69) is 23.5 Å². The molecule has 0 spiro atoms. The van der Waals surface area contributed by atoms with Crippen molar-refractivity contribution in [3.8, 4) is 0 Å². The monoisotopic (exact) mass is 348 g/mol. The molecule has 130 valence electrons. The topological polar surface area (TPSA) is 58.6 Å². The number of morpholine rings is 1. The van der Waals surface area contributed by atoms with E-state index in [9.17, 15) is 17.2 Å². The summed E-state index contributed by atoms with van der Waals surface area (Å²) in [6.07, 6.45) is -0.341. The Balaban J connectivity index is 1.99. The average molecular weight is 348 g/mol. The Morgan fingerprint density at radius 2 is 2.00 bits per heavy atom. The van der Waals surface area contributed by atoms with Gasteiger partial charge in [-0.2, -0.15) is 0 Å². The van der Waals surface area contributed by atoms with Crippen molar-refractivity contribution in [1.29, 1.82) is 0 Å². The molecule has 1 fully saturated rings.